The molecule has 3 rings (SSSR count). The summed E-state index contributed by atoms with van der Waals surface area (Å²) < 4.78 is 15.1. The minimum Gasteiger partial charge on any atom is -0.375 e. The van der Waals surface area contributed by atoms with Crippen molar-refractivity contribution in [3.63, 3.8) is 0 Å². The maximum atomic E-state index is 15.1. The number of nitrogens with two attached hydrogens (primary N) is 1. The van der Waals surface area contributed by atoms with Crippen LogP contribution in [-0.4, -0.2) is 61.5 Å². The molecule has 0 radical (unpaired) electrons. The molecular weight excluding hydrogens is 399 g/mol. The van der Waals surface area contributed by atoms with Crippen LogP contribution in [0.25, 0.3) is 0 Å². The maximum absolute atomic E-state index is 15.1. The zero-order chi connectivity index (χ0) is 21.5. The van der Waals surface area contributed by atoms with Crippen molar-refractivity contribution in [1.29, 1.82) is 0 Å². The number of piperidine rings is 1. The smallest absolute Gasteiger partial charge is 0.184 e. The Morgan fingerprint density at radius 2 is 1.70 bits per heavy atom. The van der Waals surface area contributed by atoms with Crippen LogP contribution in [0, 0.1) is 5.82 Å². The molecule has 0 spiro atoms. The number of hydrogen-bond acceptors (Lipinski definition) is 5. The highest BCUT2D eigenvalue weighted by Gasteiger charge is 2.25. The first-order chi connectivity index (χ1) is 14.5. The van der Waals surface area contributed by atoms with E-state index >= 15 is 4.39 Å². The average Bonchev–Trinajstić information content (AvgIpc) is 2.76. The fraction of sp³-hybridized carbons (Fsp3) is 0.636. The van der Waals surface area contributed by atoms with Gasteiger partial charge in [0, 0.05) is 56.6 Å². The van der Waals surface area contributed by atoms with Crippen LogP contribution in [0.2, 0.25) is 0 Å². The average molecular weight is 435 g/mol. The van der Waals surface area contributed by atoms with Crippen LogP contribution in [0.4, 0.5) is 15.8 Å². The van der Waals surface area contributed by atoms with Gasteiger partial charge in [-0.2, -0.15) is 5.10 Å². The van der Waals surface area contributed by atoms with Gasteiger partial charge in [-0.3, -0.25) is 10.3 Å². The van der Waals surface area contributed by atoms with Crippen molar-refractivity contribution in [2.24, 2.45) is 10.8 Å². The molecule has 30 heavy (non-hydrogen) atoms. The first kappa shape index (κ1) is 22.7. The van der Waals surface area contributed by atoms with Gasteiger partial charge in [-0.1, -0.05) is 13.8 Å². The first-order valence-corrected chi connectivity index (χ1v) is 11.6. The summed E-state index contributed by atoms with van der Waals surface area (Å²) in [6.07, 6.45) is 7.50. The molecule has 0 amide bonds. The SMILES string of the molecule is CCC(CC)N1CCN(c2cc(N3CCCCC3)c(/C=N/NC(N)=S)cc2F)CC1. The van der Waals surface area contributed by atoms with Gasteiger partial charge >= 0.3 is 0 Å². The third kappa shape index (κ3) is 5.60. The summed E-state index contributed by atoms with van der Waals surface area (Å²) in [6, 6.07) is 4.23. The lowest BCUT2D eigenvalue weighted by atomic mass is 10.1. The van der Waals surface area contributed by atoms with Crippen molar-refractivity contribution in [3.8, 4) is 0 Å². The maximum Gasteiger partial charge on any atom is 0.184 e. The fourth-order valence-electron chi connectivity index (χ4n) is 4.62. The largest absolute Gasteiger partial charge is 0.375 e. The number of nitrogens with zero attached hydrogens (tertiary/aromatic N) is 4. The predicted octanol–water partition coefficient (Wildman–Crippen LogP) is 3.29. The van der Waals surface area contributed by atoms with E-state index in [2.05, 4.69) is 39.1 Å². The van der Waals surface area contributed by atoms with Crippen LogP contribution in [0.1, 0.15) is 51.5 Å². The molecule has 2 aliphatic heterocycles. The van der Waals surface area contributed by atoms with E-state index in [0.29, 0.717) is 11.7 Å². The summed E-state index contributed by atoms with van der Waals surface area (Å²) >= 11 is 4.80. The highest BCUT2D eigenvalue weighted by Crippen LogP contribution is 2.32. The van der Waals surface area contributed by atoms with Gasteiger partial charge in [0.2, 0.25) is 0 Å². The Balaban J connectivity index is 1.83. The zero-order valence-electron chi connectivity index (χ0n) is 18.2. The quantitative estimate of drug-likeness (QED) is 0.390. The molecule has 1 aromatic rings. The van der Waals surface area contributed by atoms with Gasteiger partial charge in [0.05, 0.1) is 11.9 Å². The summed E-state index contributed by atoms with van der Waals surface area (Å²) in [7, 11) is 0. The highest BCUT2D eigenvalue weighted by atomic mass is 32.1. The number of thiocarbonyl (C=S) groups is 1. The molecule has 3 N–H and O–H groups in total. The van der Waals surface area contributed by atoms with Crippen LogP contribution in [0.15, 0.2) is 17.2 Å². The van der Waals surface area contributed by atoms with Gasteiger partial charge in [-0.05, 0) is 56.5 Å². The Bertz CT molecular complexity index is 737. The van der Waals surface area contributed by atoms with Crippen molar-refractivity contribution in [1.82, 2.24) is 10.3 Å². The molecular formula is C22H35FN6S. The fourth-order valence-corrected chi connectivity index (χ4v) is 4.67. The minimum atomic E-state index is -0.205. The summed E-state index contributed by atoms with van der Waals surface area (Å²) in [6.45, 7) is 10.1. The Kier molecular flexibility index (Phi) is 8.27. The first-order valence-electron chi connectivity index (χ1n) is 11.2. The summed E-state index contributed by atoms with van der Waals surface area (Å²) in [5, 5.41) is 4.17. The molecule has 8 heteroatoms. The van der Waals surface area contributed by atoms with Crippen molar-refractivity contribution >= 4 is 34.9 Å². The molecule has 0 atom stereocenters. The zero-order valence-corrected chi connectivity index (χ0v) is 19.1. The Morgan fingerprint density at radius 1 is 1.07 bits per heavy atom. The van der Waals surface area contributed by atoms with Gasteiger partial charge in [0.1, 0.15) is 5.82 Å². The van der Waals surface area contributed by atoms with E-state index in [0.717, 1.165) is 76.2 Å². The second kappa shape index (κ2) is 10.9. The molecule has 0 bridgehead atoms. The molecule has 0 aromatic heterocycles. The van der Waals surface area contributed by atoms with E-state index < -0.39 is 0 Å². The van der Waals surface area contributed by atoms with E-state index in [9.17, 15) is 0 Å². The summed E-state index contributed by atoms with van der Waals surface area (Å²) in [5.74, 6) is -0.205. The van der Waals surface area contributed by atoms with E-state index in [1.165, 1.54) is 6.42 Å². The minimum absolute atomic E-state index is 0.0956. The number of anilines is 2. The summed E-state index contributed by atoms with van der Waals surface area (Å²) in [5.41, 5.74) is 10.5. The molecule has 2 aliphatic rings. The van der Waals surface area contributed by atoms with Gasteiger partial charge in [0.25, 0.3) is 0 Å². The Hall–Kier alpha value is -1.93. The van der Waals surface area contributed by atoms with Crippen LogP contribution < -0.4 is 21.0 Å². The normalized spacial score (nSPS) is 18.4. The molecule has 1 aromatic carbocycles. The lowest BCUT2D eigenvalue weighted by Gasteiger charge is -2.40. The molecule has 0 saturated carbocycles. The Morgan fingerprint density at radius 3 is 2.30 bits per heavy atom. The molecule has 166 valence electrons. The van der Waals surface area contributed by atoms with Crippen molar-refractivity contribution < 1.29 is 4.39 Å². The van der Waals surface area contributed by atoms with E-state index in [1.54, 1.807) is 12.3 Å². The highest BCUT2D eigenvalue weighted by molar-refractivity contribution is 7.80. The molecule has 0 unspecified atom stereocenters. The van der Waals surface area contributed by atoms with Crippen molar-refractivity contribution in [2.45, 2.75) is 52.0 Å². The summed E-state index contributed by atoms with van der Waals surface area (Å²) in [4.78, 5) is 7.08. The van der Waals surface area contributed by atoms with E-state index in [1.807, 2.05) is 6.07 Å². The third-order valence-electron chi connectivity index (χ3n) is 6.29. The van der Waals surface area contributed by atoms with Crippen LogP contribution in [-0.2, 0) is 0 Å². The van der Waals surface area contributed by atoms with Crippen molar-refractivity contribution in [3.05, 3.63) is 23.5 Å². The Labute approximate surface area is 185 Å². The van der Waals surface area contributed by atoms with Crippen molar-refractivity contribution in [2.75, 3.05) is 49.1 Å². The van der Waals surface area contributed by atoms with Gasteiger partial charge in [0.15, 0.2) is 5.11 Å². The van der Waals surface area contributed by atoms with Gasteiger partial charge in [-0.25, -0.2) is 4.39 Å². The third-order valence-corrected chi connectivity index (χ3v) is 6.38. The van der Waals surface area contributed by atoms with Crippen LogP contribution >= 0.6 is 12.2 Å². The molecule has 2 saturated heterocycles. The monoisotopic (exact) mass is 434 g/mol. The van der Waals surface area contributed by atoms with Gasteiger partial charge < -0.3 is 15.5 Å². The molecule has 0 aliphatic carbocycles. The number of hydrazone groups is 1. The predicted molar refractivity (Wildman–Crippen MR) is 128 cm³/mol. The number of piperazine rings is 1. The lowest BCUT2D eigenvalue weighted by Crippen LogP contribution is -2.50. The number of nitrogens with one attached hydrogen (secondary N) is 1. The number of hydrogen-bond donors (Lipinski definition) is 2. The second-order valence-corrected chi connectivity index (χ2v) is 8.58. The van der Waals surface area contributed by atoms with Crippen LogP contribution in [0.3, 0.4) is 0 Å². The van der Waals surface area contributed by atoms with E-state index in [-0.39, 0.29) is 10.9 Å². The van der Waals surface area contributed by atoms with Crippen LogP contribution in [0.5, 0.6) is 0 Å². The molecule has 6 nitrogen and oxygen atoms in total. The number of rotatable bonds is 7. The standard InChI is InChI=1S/C22H35FN6S/c1-3-18(4-2)27-10-12-29(13-11-27)21-15-20(28-8-6-5-7-9-28)17(14-19(21)23)16-25-26-22(24)30/h14-16,18H,3-13H2,1-2H3,(H3,24,26,30)/b25-16+. The number of halogens is 1. The second-order valence-electron chi connectivity index (χ2n) is 8.14. The van der Waals surface area contributed by atoms with Gasteiger partial charge in [-0.15, -0.1) is 0 Å². The molecule has 2 heterocycles. The molecule has 2 fully saturated rings. The number of benzene rings is 1. The van der Waals surface area contributed by atoms with E-state index in [4.69, 9.17) is 18.0 Å². The lowest BCUT2D eigenvalue weighted by molar-refractivity contribution is 0.175. The topological polar surface area (TPSA) is 60.1 Å².